The van der Waals surface area contributed by atoms with E-state index in [-0.39, 0.29) is 12.6 Å². The fourth-order valence-electron chi connectivity index (χ4n) is 4.79. The topological polar surface area (TPSA) is 42.8 Å². The molecule has 0 radical (unpaired) electrons. The molecule has 3 aromatic carbocycles. The Kier molecular flexibility index (Phi) is 5.87. The van der Waals surface area contributed by atoms with Gasteiger partial charge in [0.1, 0.15) is 6.61 Å². The molecule has 5 rings (SSSR count). The molecule has 1 heterocycles. The van der Waals surface area contributed by atoms with Gasteiger partial charge in [-0.1, -0.05) is 48.4 Å². The van der Waals surface area contributed by atoms with Crippen molar-refractivity contribution < 1.29 is 9.47 Å². The van der Waals surface area contributed by atoms with Crippen molar-refractivity contribution in [3.05, 3.63) is 95.6 Å². The Balaban J connectivity index is 1.32. The fraction of sp³-hybridized carbons (Fsp3) is 0.207. The summed E-state index contributed by atoms with van der Waals surface area (Å²) < 4.78 is 10.9. The number of terminal acetylenes is 1. The van der Waals surface area contributed by atoms with Crippen LogP contribution >= 0.6 is 0 Å². The Labute approximate surface area is 195 Å². The number of nitrogens with one attached hydrogen (secondary N) is 1. The van der Waals surface area contributed by atoms with E-state index in [1.807, 2.05) is 24.4 Å². The molecule has 2 aliphatic rings. The van der Waals surface area contributed by atoms with Gasteiger partial charge in [-0.3, -0.25) is 4.99 Å². The SMILES string of the molecule is C#CCOc1ccc(C=Nc2ccc([C@@H]3Nc4ccccc4[C@@H]4C=CC[C@H]43)cc2)cc1OC. The number of benzene rings is 3. The average Bonchev–Trinajstić information content (AvgIpc) is 3.37. The van der Waals surface area contributed by atoms with E-state index in [2.05, 4.69) is 76.9 Å². The van der Waals surface area contributed by atoms with Gasteiger partial charge in [0, 0.05) is 17.8 Å². The lowest BCUT2D eigenvalue weighted by molar-refractivity contribution is 0.331. The second-order valence-corrected chi connectivity index (χ2v) is 8.32. The number of para-hydroxylation sites is 1. The van der Waals surface area contributed by atoms with Crippen molar-refractivity contribution in [1.29, 1.82) is 0 Å². The summed E-state index contributed by atoms with van der Waals surface area (Å²) in [6, 6.07) is 23.1. The van der Waals surface area contributed by atoms with E-state index in [1.165, 1.54) is 16.8 Å². The summed E-state index contributed by atoms with van der Waals surface area (Å²) >= 11 is 0. The maximum atomic E-state index is 5.50. The van der Waals surface area contributed by atoms with Crippen molar-refractivity contribution in [2.24, 2.45) is 10.9 Å². The summed E-state index contributed by atoms with van der Waals surface area (Å²) in [6.45, 7) is 0.204. The van der Waals surface area contributed by atoms with Gasteiger partial charge in [0.15, 0.2) is 11.5 Å². The van der Waals surface area contributed by atoms with Crippen LogP contribution in [0.2, 0.25) is 0 Å². The lowest BCUT2D eigenvalue weighted by Gasteiger charge is -2.37. The second kappa shape index (κ2) is 9.26. The van der Waals surface area contributed by atoms with Crippen LogP contribution in [0, 0.1) is 18.3 Å². The van der Waals surface area contributed by atoms with Gasteiger partial charge in [0.05, 0.1) is 18.8 Å². The maximum absolute atomic E-state index is 5.50. The summed E-state index contributed by atoms with van der Waals surface area (Å²) in [6.07, 6.45) is 12.9. The number of aliphatic imine (C=N–C) groups is 1. The Morgan fingerprint density at radius 1 is 1.09 bits per heavy atom. The minimum atomic E-state index is 0.204. The van der Waals surface area contributed by atoms with E-state index in [0.717, 1.165) is 17.7 Å². The summed E-state index contributed by atoms with van der Waals surface area (Å²) in [5.41, 5.74) is 5.76. The second-order valence-electron chi connectivity index (χ2n) is 8.32. The Bertz CT molecular complexity index is 1240. The lowest BCUT2D eigenvalue weighted by atomic mass is 9.77. The predicted molar refractivity (Wildman–Crippen MR) is 134 cm³/mol. The van der Waals surface area contributed by atoms with Crippen LogP contribution < -0.4 is 14.8 Å². The molecule has 0 aromatic heterocycles. The predicted octanol–water partition coefficient (Wildman–Crippen LogP) is 6.28. The number of hydrogen-bond acceptors (Lipinski definition) is 4. The molecule has 1 aliphatic carbocycles. The molecule has 0 amide bonds. The van der Waals surface area contributed by atoms with Gasteiger partial charge in [0.2, 0.25) is 0 Å². The van der Waals surface area contributed by atoms with Gasteiger partial charge in [-0.2, -0.15) is 0 Å². The van der Waals surface area contributed by atoms with E-state index in [9.17, 15) is 0 Å². The normalized spacial score (nSPS) is 20.5. The lowest BCUT2D eigenvalue weighted by Crippen LogP contribution is -2.28. The van der Waals surface area contributed by atoms with E-state index >= 15 is 0 Å². The molecule has 0 spiro atoms. The quantitative estimate of drug-likeness (QED) is 0.282. The summed E-state index contributed by atoms with van der Waals surface area (Å²) in [5, 5.41) is 3.78. The van der Waals surface area contributed by atoms with Crippen LogP contribution in [0.5, 0.6) is 11.5 Å². The first-order valence-electron chi connectivity index (χ1n) is 11.2. The fourth-order valence-corrected chi connectivity index (χ4v) is 4.79. The van der Waals surface area contributed by atoms with Gasteiger partial charge >= 0.3 is 0 Å². The molecule has 1 aliphatic heterocycles. The Morgan fingerprint density at radius 3 is 2.76 bits per heavy atom. The minimum absolute atomic E-state index is 0.204. The molecular weight excluding hydrogens is 408 g/mol. The van der Waals surface area contributed by atoms with E-state index in [0.29, 0.717) is 23.3 Å². The number of fused-ring (bicyclic) bond motifs is 3. The number of ether oxygens (including phenoxy) is 2. The Morgan fingerprint density at radius 2 is 1.94 bits per heavy atom. The zero-order valence-electron chi connectivity index (χ0n) is 18.6. The molecule has 33 heavy (non-hydrogen) atoms. The van der Waals surface area contributed by atoms with Crippen molar-refractivity contribution in [2.45, 2.75) is 18.4 Å². The van der Waals surface area contributed by atoms with Gasteiger partial charge in [0.25, 0.3) is 0 Å². The Hall–Kier alpha value is -3.97. The molecule has 0 saturated heterocycles. The number of allylic oxidation sites excluding steroid dienone is 2. The molecule has 0 fully saturated rings. The van der Waals surface area contributed by atoms with Crippen LogP contribution in [0.15, 0.2) is 83.9 Å². The van der Waals surface area contributed by atoms with Crippen LogP contribution in [-0.4, -0.2) is 19.9 Å². The summed E-state index contributed by atoms with van der Waals surface area (Å²) in [5.74, 6) is 4.74. The van der Waals surface area contributed by atoms with Crippen molar-refractivity contribution in [3.63, 3.8) is 0 Å². The van der Waals surface area contributed by atoms with E-state index in [1.54, 1.807) is 7.11 Å². The highest BCUT2D eigenvalue weighted by Crippen LogP contribution is 2.49. The highest BCUT2D eigenvalue weighted by Gasteiger charge is 2.37. The van der Waals surface area contributed by atoms with Crippen LogP contribution in [0.25, 0.3) is 0 Å². The first-order valence-corrected chi connectivity index (χ1v) is 11.2. The number of nitrogens with zero attached hydrogens (tertiary/aromatic N) is 1. The van der Waals surface area contributed by atoms with Crippen molar-refractivity contribution in [1.82, 2.24) is 0 Å². The van der Waals surface area contributed by atoms with E-state index in [4.69, 9.17) is 15.9 Å². The molecule has 0 bridgehead atoms. The largest absolute Gasteiger partial charge is 0.493 e. The minimum Gasteiger partial charge on any atom is -0.493 e. The zero-order chi connectivity index (χ0) is 22.6. The van der Waals surface area contributed by atoms with Crippen LogP contribution in [-0.2, 0) is 0 Å². The third-order valence-corrected chi connectivity index (χ3v) is 6.39. The van der Waals surface area contributed by atoms with Gasteiger partial charge in [-0.05, 0) is 65.4 Å². The third kappa shape index (κ3) is 4.23. The number of methoxy groups -OCH3 is 1. The number of anilines is 1. The standard InChI is InChI=1S/C29H26N2O2/c1-3-17-33-27-16-11-20(18-28(27)32-2)19-30-22-14-12-21(13-15-22)29-25-9-6-8-23(25)24-7-4-5-10-26(24)31-29/h1,4-8,10-16,18-19,23,25,29,31H,9,17H2,2H3/t23-,25+,29-/m0/s1. The molecule has 0 saturated carbocycles. The van der Waals surface area contributed by atoms with Gasteiger partial charge < -0.3 is 14.8 Å². The average molecular weight is 435 g/mol. The number of hydrogen-bond donors (Lipinski definition) is 1. The van der Waals surface area contributed by atoms with Gasteiger partial charge in [-0.15, -0.1) is 6.42 Å². The zero-order valence-corrected chi connectivity index (χ0v) is 18.6. The molecule has 0 unspecified atom stereocenters. The number of rotatable bonds is 6. The van der Waals surface area contributed by atoms with Crippen molar-refractivity contribution in [3.8, 4) is 23.8 Å². The third-order valence-electron chi connectivity index (χ3n) is 6.39. The van der Waals surface area contributed by atoms with Crippen molar-refractivity contribution in [2.75, 3.05) is 19.0 Å². The van der Waals surface area contributed by atoms with Crippen LogP contribution in [0.3, 0.4) is 0 Å². The van der Waals surface area contributed by atoms with Crippen LogP contribution in [0.1, 0.15) is 35.1 Å². The molecule has 1 N–H and O–H groups in total. The first-order chi connectivity index (χ1) is 16.3. The molecule has 3 aromatic rings. The summed E-state index contributed by atoms with van der Waals surface area (Å²) in [4.78, 5) is 4.65. The smallest absolute Gasteiger partial charge is 0.162 e. The first kappa shape index (κ1) is 20.9. The highest BCUT2D eigenvalue weighted by molar-refractivity contribution is 5.83. The van der Waals surface area contributed by atoms with Crippen molar-refractivity contribution >= 4 is 17.6 Å². The van der Waals surface area contributed by atoms with E-state index < -0.39 is 0 Å². The molecule has 4 nitrogen and oxygen atoms in total. The highest BCUT2D eigenvalue weighted by atomic mass is 16.5. The maximum Gasteiger partial charge on any atom is 0.162 e. The molecule has 164 valence electrons. The molecule has 4 heteroatoms. The molecule has 3 atom stereocenters. The van der Waals surface area contributed by atoms with Crippen LogP contribution in [0.4, 0.5) is 11.4 Å². The summed E-state index contributed by atoms with van der Waals surface area (Å²) in [7, 11) is 1.61. The monoisotopic (exact) mass is 434 g/mol. The molecular formula is C29H26N2O2. The van der Waals surface area contributed by atoms with Gasteiger partial charge in [-0.25, -0.2) is 0 Å².